The number of carbonyl (C=O) groups is 1. The number of amides is 2. The predicted molar refractivity (Wildman–Crippen MR) is 65.2 cm³/mol. The maximum absolute atomic E-state index is 11.2. The first-order chi connectivity index (χ1) is 6.65. The maximum atomic E-state index is 11.2. The number of carbonyl (C=O) groups excluding carboxylic acids is 1. The Bertz CT molecular complexity index is 191. The molecule has 0 aromatic heterocycles. The van der Waals surface area contributed by atoms with Crippen molar-refractivity contribution in [1.29, 1.82) is 0 Å². The van der Waals surface area contributed by atoms with Gasteiger partial charge in [0, 0.05) is 12.6 Å². The quantitative estimate of drug-likeness (QED) is 0.802. The van der Waals surface area contributed by atoms with Crippen molar-refractivity contribution in [3.8, 4) is 0 Å². The molecule has 15 heavy (non-hydrogen) atoms. The highest BCUT2D eigenvalue weighted by atomic mass is 35.5. The van der Waals surface area contributed by atoms with Gasteiger partial charge < -0.3 is 10.6 Å². The number of rotatable bonds is 3. The zero-order valence-corrected chi connectivity index (χ0v) is 10.6. The van der Waals surface area contributed by atoms with E-state index in [1.54, 1.807) is 0 Å². The molecule has 1 aliphatic rings. The summed E-state index contributed by atoms with van der Waals surface area (Å²) in [7, 11) is 0. The van der Waals surface area contributed by atoms with Gasteiger partial charge in [-0.3, -0.25) is 0 Å². The molecule has 90 valence electrons. The van der Waals surface area contributed by atoms with Crippen molar-refractivity contribution in [2.24, 2.45) is 11.7 Å². The summed E-state index contributed by atoms with van der Waals surface area (Å²) in [5.74, 6) is 0.822. The molecular formula is C11H23ClN2O. The van der Waals surface area contributed by atoms with Crippen LogP contribution < -0.4 is 5.73 Å². The van der Waals surface area contributed by atoms with Crippen LogP contribution in [0.4, 0.5) is 4.79 Å². The van der Waals surface area contributed by atoms with Gasteiger partial charge >= 0.3 is 6.03 Å². The second-order valence-electron chi connectivity index (χ2n) is 4.45. The van der Waals surface area contributed by atoms with E-state index in [4.69, 9.17) is 5.73 Å². The molecule has 1 fully saturated rings. The Kier molecular flexibility index (Phi) is 6.73. The summed E-state index contributed by atoms with van der Waals surface area (Å²) >= 11 is 0. The van der Waals surface area contributed by atoms with Crippen LogP contribution in [0.2, 0.25) is 0 Å². The van der Waals surface area contributed by atoms with E-state index in [1.807, 2.05) is 4.90 Å². The van der Waals surface area contributed by atoms with Crippen LogP contribution in [-0.4, -0.2) is 23.5 Å². The number of primary amides is 1. The lowest BCUT2D eigenvalue weighted by Crippen LogP contribution is -2.45. The summed E-state index contributed by atoms with van der Waals surface area (Å²) in [5.41, 5.74) is 5.38. The number of halogens is 1. The van der Waals surface area contributed by atoms with E-state index in [0.29, 0.717) is 6.04 Å². The largest absolute Gasteiger partial charge is 0.351 e. The third-order valence-electron chi connectivity index (χ3n) is 3.17. The normalized spacial score (nSPS) is 25.5. The molecule has 2 amide bonds. The van der Waals surface area contributed by atoms with Gasteiger partial charge in [0.25, 0.3) is 0 Å². The average Bonchev–Trinajstić information content (AvgIpc) is 2.15. The zero-order valence-electron chi connectivity index (χ0n) is 9.74. The van der Waals surface area contributed by atoms with E-state index in [9.17, 15) is 4.79 Å². The van der Waals surface area contributed by atoms with Gasteiger partial charge in [-0.2, -0.15) is 0 Å². The molecule has 1 aliphatic carbocycles. The molecule has 0 unspecified atom stereocenters. The van der Waals surface area contributed by atoms with Crippen molar-refractivity contribution in [1.82, 2.24) is 4.90 Å². The summed E-state index contributed by atoms with van der Waals surface area (Å²) in [4.78, 5) is 13.1. The lowest BCUT2D eigenvalue weighted by Gasteiger charge is -2.34. The molecule has 0 atom stereocenters. The molecule has 0 aliphatic heterocycles. The molecule has 0 bridgehead atoms. The Morgan fingerprint density at radius 3 is 2.27 bits per heavy atom. The van der Waals surface area contributed by atoms with Gasteiger partial charge in [0.05, 0.1) is 0 Å². The van der Waals surface area contributed by atoms with Crippen molar-refractivity contribution in [2.45, 2.75) is 52.0 Å². The number of urea groups is 1. The van der Waals surface area contributed by atoms with Gasteiger partial charge in [-0.1, -0.05) is 13.8 Å². The van der Waals surface area contributed by atoms with Crippen molar-refractivity contribution < 1.29 is 4.79 Å². The van der Waals surface area contributed by atoms with Crippen molar-refractivity contribution in [3.63, 3.8) is 0 Å². The molecule has 3 nitrogen and oxygen atoms in total. The third kappa shape index (κ3) is 4.29. The first-order valence-electron chi connectivity index (χ1n) is 5.71. The van der Waals surface area contributed by atoms with Gasteiger partial charge in [0.1, 0.15) is 0 Å². The first-order valence-corrected chi connectivity index (χ1v) is 5.71. The highest BCUT2D eigenvalue weighted by Gasteiger charge is 2.25. The SMILES string of the molecule is CCCN(C(N)=O)C1CCC(C)CC1.Cl. The topological polar surface area (TPSA) is 46.3 Å². The standard InChI is InChI=1S/C11H22N2O.ClH/c1-3-8-13(11(12)14)10-6-4-9(2)5-7-10;/h9-10H,3-8H2,1-2H3,(H2,12,14);1H. The zero-order chi connectivity index (χ0) is 10.6. The summed E-state index contributed by atoms with van der Waals surface area (Å²) in [6.45, 7) is 5.18. The van der Waals surface area contributed by atoms with Crippen molar-refractivity contribution in [2.75, 3.05) is 6.54 Å². The van der Waals surface area contributed by atoms with Crippen LogP contribution in [-0.2, 0) is 0 Å². The second kappa shape index (κ2) is 6.94. The van der Waals surface area contributed by atoms with Crippen LogP contribution in [0.25, 0.3) is 0 Å². The summed E-state index contributed by atoms with van der Waals surface area (Å²) in [6.07, 6.45) is 5.72. The first kappa shape index (κ1) is 14.6. The molecule has 4 heteroatoms. The smallest absolute Gasteiger partial charge is 0.315 e. The molecule has 0 aromatic rings. The fourth-order valence-electron chi connectivity index (χ4n) is 2.27. The van der Waals surface area contributed by atoms with Crippen molar-refractivity contribution >= 4 is 18.4 Å². The Labute approximate surface area is 98.8 Å². The van der Waals surface area contributed by atoms with Crippen LogP contribution in [0.1, 0.15) is 46.0 Å². The van der Waals surface area contributed by atoms with E-state index < -0.39 is 0 Å². The minimum atomic E-state index is -0.244. The van der Waals surface area contributed by atoms with E-state index in [-0.39, 0.29) is 18.4 Å². The third-order valence-corrected chi connectivity index (χ3v) is 3.17. The monoisotopic (exact) mass is 234 g/mol. The number of hydrogen-bond acceptors (Lipinski definition) is 1. The van der Waals surface area contributed by atoms with Crippen LogP contribution in [0.3, 0.4) is 0 Å². The molecule has 0 radical (unpaired) electrons. The predicted octanol–water partition coefficient (Wildman–Crippen LogP) is 2.78. The fourth-order valence-corrected chi connectivity index (χ4v) is 2.27. The average molecular weight is 235 g/mol. The number of nitrogens with zero attached hydrogens (tertiary/aromatic N) is 1. The van der Waals surface area contributed by atoms with Gasteiger partial charge in [-0.05, 0) is 38.0 Å². The number of hydrogen-bond donors (Lipinski definition) is 1. The van der Waals surface area contributed by atoms with Gasteiger partial charge in [-0.25, -0.2) is 4.79 Å². The Morgan fingerprint density at radius 2 is 1.87 bits per heavy atom. The number of nitrogens with two attached hydrogens (primary N) is 1. The summed E-state index contributed by atoms with van der Waals surface area (Å²) < 4.78 is 0. The lowest BCUT2D eigenvalue weighted by molar-refractivity contribution is 0.153. The minimum absolute atomic E-state index is 0. The molecule has 0 aromatic carbocycles. The lowest BCUT2D eigenvalue weighted by atomic mass is 9.86. The Morgan fingerprint density at radius 1 is 1.33 bits per heavy atom. The van der Waals surface area contributed by atoms with E-state index in [2.05, 4.69) is 13.8 Å². The highest BCUT2D eigenvalue weighted by Crippen LogP contribution is 2.26. The highest BCUT2D eigenvalue weighted by molar-refractivity contribution is 5.85. The molecule has 1 rings (SSSR count). The molecule has 0 saturated heterocycles. The molecule has 0 heterocycles. The molecule has 2 N–H and O–H groups in total. The van der Waals surface area contributed by atoms with Crippen molar-refractivity contribution in [3.05, 3.63) is 0 Å². The van der Waals surface area contributed by atoms with Crippen LogP contribution in [0, 0.1) is 5.92 Å². The van der Waals surface area contributed by atoms with Gasteiger partial charge in [0.15, 0.2) is 0 Å². The van der Waals surface area contributed by atoms with Gasteiger partial charge in [0.2, 0.25) is 0 Å². The summed E-state index contributed by atoms with van der Waals surface area (Å²) in [5, 5.41) is 0. The second-order valence-corrected chi connectivity index (χ2v) is 4.45. The molecule has 0 spiro atoms. The summed E-state index contributed by atoms with van der Waals surface area (Å²) in [6, 6.07) is 0.162. The molecular weight excluding hydrogens is 212 g/mol. The van der Waals surface area contributed by atoms with E-state index in [1.165, 1.54) is 12.8 Å². The van der Waals surface area contributed by atoms with Crippen LogP contribution in [0.15, 0.2) is 0 Å². The van der Waals surface area contributed by atoms with Crippen LogP contribution >= 0.6 is 12.4 Å². The fraction of sp³-hybridized carbons (Fsp3) is 0.909. The van der Waals surface area contributed by atoms with E-state index >= 15 is 0 Å². The van der Waals surface area contributed by atoms with E-state index in [0.717, 1.165) is 31.7 Å². The Hall–Kier alpha value is -0.440. The maximum Gasteiger partial charge on any atom is 0.315 e. The Balaban J connectivity index is 0.00000196. The molecule has 1 saturated carbocycles. The van der Waals surface area contributed by atoms with Crippen LogP contribution in [0.5, 0.6) is 0 Å². The minimum Gasteiger partial charge on any atom is -0.351 e. The van der Waals surface area contributed by atoms with Gasteiger partial charge in [-0.15, -0.1) is 12.4 Å².